The Balaban J connectivity index is 2.63. The van der Waals surface area contributed by atoms with E-state index in [1.165, 1.54) is 0 Å². The minimum atomic E-state index is 0.760. The monoisotopic (exact) mass is 231 g/mol. The van der Waals surface area contributed by atoms with Crippen LogP contribution < -0.4 is 5.73 Å². The SMILES string of the molecule is CCc1nn(-c2nccnc2C)c(CC)c1N. The highest BCUT2D eigenvalue weighted by Crippen LogP contribution is 2.21. The minimum absolute atomic E-state index is 0.760. The molecule has 5 nitrogen and oxygen atoms in total. The summed E-state index contributed by atoms with van der Waals surface area (Å²) in [5.74, 6) is 0.760. The fourth-order valence-corrected chi connectivity index (χ4v) is 1.90. The molecule has 0 aliphatic carbocycles. The molecule has 0 saturated carbocycles. The van der Waals surface area contributed by atoms with Gasteiger partial charge in [-0.05, 0) is 19.8 Å². The molecular weight excluding hydrogens is 214 g/mol. The molecule has 2 rings (SSSR count). The fourth-order valence-electron chi connectivity index (χ4n) is 1.90. The predicted octanol–water partition coefficient (Wildman–Crippen LogP) is 1.68. The third-order valence-corrected chi connectivity index (χ3v) is 2.82. The van der Waals surface area contributed by atoms with Crippen molar-refractivity contribution in [1.29, 1.82) is 0 Å². The molecule has 17 heavy (non-hydrogen) atoms. The van der Waals surface area contributed by atoms with Gasteiger partial charge in [-0.1, -0.05) is 13.8 Å². The number of nitrogen functional groups attached to an aromatic ring is 1. The fraction of sp³-hybridized carbons (Fsp3) is 0.417. The van der Waals surface area contributed by atoms with Gasteiger partial charge in [-0.2, -0.15) is 5.10 Å². The van der Waals surface area contributed by atoms with Crippen LogP contribution in [-0.2, 0) is 12.8 Å². The van der Waals surface area contributed by atoms with Crippen molar-refractivity contribution in [3.8, 4) is 5.82 Å². The number of nitrogens with two attached hydrogens (primary N) is 1. The van der Waals surface area contributed by atoms with Gasteiger partial charge in [0.25, 0.3) is 0 Å². The maximum Gasteiger partial charge on any atom is 0.175 e. The molecule has 0 aliphatic rings. The number of aryl methyl sites for hydroxylation is 2. The third kappa shape index (κ3) is 1.88. The Morgan fingerprint density at radius 1 is 1.18 bits per heavy atom. The van der Waals surface area contributed by atoms with Crippen LogP contribution >= 0.6 is 0 Å². The Hall–Kier alpha value is -1.91. The molecule has 5 heteroatoms. The molecule has 2 aromatic rings. The highest BCUT2D eigenvalue weighted by Gasteiger charge is 2.16. The minimum Gasteiger partial charge on any atom is -0.396 e. The molecule has 0 radical (unpaired) electrons. The molecule has 2 aromatic heterocycles. The van der Waals surface area contributed by atoms with E-state index in [2.05, 4.69) is 22.0 Å². The third-order valence-electron chi connectivity index (χ3n) is 2.82. The van der Waals surface area contributed by atoms with Gasteiger partial charge < -0.3 is 5.73 Å². The molecule has 0 fully saturated rings. The van der Waals surface area contributed by atoms with Gasteiger partial charge >= 0.3 is 0 Å². The lowest BCUT2D eigenvalue weighted by Gasteiger charge is -2.06. The number of anilines is 1. The topological polar surface area (TPSA) is 69.6 Å². The summed E-state index contributed by atoms with van der Waals surface area (Å²) in [4.78, 5) is 8.56. The molecule has 0 aromatic carbocycles. The van der Waals surface area contributed by atoms with Crippen LogP contribution in [0.15, 0.2) is 12.4 Å². The Morgan fingerprint density at radius 3 is 2.47 bits per heavy atom. The summed E-state index contributed by atoms with van der Waals surface area (Å²) in [6.07, 6.45) is 5.00. The number of rotatable bonds is 3. The van der Waals surface area contributed by atoms with Crippen molar-refractivity contribution in [2.45, 2.75) is 33.6 Å². The van der Waals surface area contributed by atoms with Gasteiger partial charge in [-0.15, -0.1) is 0 Å². The quantitative estimate of drug-likeness (QED) is 0.872. The molecule has 2 heterocycles. The first-order valence-electron chi connectivity index (χ1n) is 5.83. The second kappa shape index (κ2) is 4.53. The predicted molar refractivity (Wildman–Crippen MR) is 67.1 cm³/mol. The number of nitrogens with zero attached hydrogens (tertiary/aromatic N) is 4. The second-order valence-electron chi connectivity index (χ2n) is 3.89. The van der Waals surface area contributed by atoms with E-state index in [4.69, 9.17) is 5.73 Å². The lowest BCUT2D eigenvalue weighted by atomic mass is 10.2. The van der Waals surface area contributed by atoms with E-state index in [9.17, 15) is 0 Å². The van der Waals surface area contributed by atoms with Crippen molar-refractivity contribution in [3.63, 3.8) is 0 Å². The maximum absolute atomic E-state index is 6.08. The largest absolute Gasteiger partial charge is 0.396 e. The van der Waals surface area contributed by atoms with Crippen LogP contribution in [0.5, 0.6) is 0 Å². The molecule has 2 N–H and O–H groups in total. The van der Waals surface area contributed by atoms with Crippen molar-refractivity contribution in [2.75, 3.05) is 5.73 Å². The van der Waals surface area contributed by atoms with Crippen LogP contribution in [0.3, 0.4) is 0 Å². The van der Waals surface area contributed by atoms with Gasteiger partial charge in [0.05, 0.1) is 22.8 Å². The van der Waals surface area contributed by atoms with E-state index in [1.54, 1.807) is 12.4 Å². The molecule has 0 aliphatic heterocycles. The molecule has 0 amide bonds. The second-order valence-corrected chi connectivity index (χ2v) is 3.89. The zero-order valence-electron chi connectivity index (χ0n) is 10.4. The summed E-state index contributed by atoms with van der Waals surface area (Å²) in [7, 11) is 0. The lowest BCUT2D eigenvalue weighted by Crippen LogP contribution is -2.07. The number of hydrogen-bond acceptors (Lipinski definition) is 4. The van der Waals surface area contributed by atoms with E-state index >= 15 is 0 Å². The van der Waals surface area contributed by atoms with Crippen molar-refractivity contribution >= 4 is 5.69 Å². The van der Waals surface area contributed by atoms with Crippen LogP contribution in [0.1, 0.15) is 30.9 Å². The summed E-state index contributed by atoms with van der Waals surface area (Å²) in [6.45, 7) is 6.03. The van der Waals surface area contributed by atoms with Crippen molar-refractivity contribution in [3.05, 3.63) is 29.5 Å². The number of aromatic nitrogens is 4. The van der Waals surface area contributed by atoms with E-state index in [1.807, 2.05) is 18.5 Å². The molecule has 90 valence electrons. The summed E-state index contributed by atoms with van der Waals surface area (Å²) >= 11 is 0. The molecular formula is C12H17N5. The van der Waals surface area contributed by atoms with Gasteiger partial charge in [0.1, 0.15) is 0 Å². The van der Waals surface area contributed by atoms with E-state index < -0.39 is 0 Å². The summed E-state index contributed by atoms with van der Waals surface area (Å²) in [6, 6.07) is 0. The average Bonchev–Trinajstić information content (AvgIpc) is 2.66. The first kappa shape index (κ1) is 11.6. The first-order valence-corrected chi connectivity index (χ1v) is 5.83. The van der Waals surface area contributed by atoms with Crippen LogP contribution in [-0.4, -0.2) is 19.7 Å². The molecule has 0 saturated heterocycles. The average molecular weight is 231 g/mol. The zero-order valence-corrected chi connectivity index (χ0v) is 10.4. The number of hydrogen-bond donors (Lipinski definition) is 1. The lowest BCUT2D eigenvalue weighted by molar-refractivity contribution is 0.759. The van der Waals surface area contributed by atoms with Crippen molar-refractivity contribution in [1.82, 2.24) is 19.7 Å². The highest BCUT2D eigenvalue weighted by molar-refractivity contribution is 5.51. The smallest absolute Gasteiger partial charge is 0.175 e. The van der Waals surface area contributed by atoms with Crippen molar-refractivity contribution in [2.24, 2.45) is 0 Å². The Labute approximate surface area is 101 Å². The summed E-state index contributed by atoms with van der Waals surface area (Å²) < 4.78 is 1.82. The summed E-state index contributed by atoms with van der Waals surface area (Å²) in [5.41, 5.74) is 9.64. The standard InChI is InChI=1S/C12H17N5/c1-4-9-11(13)10(5-2)17(16-9)12-8(3)14-6-7-15-12/h6-7H,4-5,13H2,1-3H3. The Bertz CT molecular complexity index is 530. The molecule has 0 unspecified atom stereocenters. The van der Waals surface area contributed by atoms with Crippen molar-refractivity contribution < 1.29 is 0 Å². The maximum atomic E-state index is 6.08. The Morgan fingerprint density at radius 2 is 1.88 bits per heavy atom. The van der Waals surface area contributed by atoms with Crippen LogP contribution in [0.2, 0.25) is 0 Å². The van der Waals surface area contributed by atoms with Gasteiger partial charge in [0.15, 0.2) is 5.82 Å². The van der Waals surface area contributed by atoms with Crippen LogP contribution in [0.25, 0.3) is 5.82 Å². The van der Waals surface area contributed by atoms with E-state index in [-0.39, 0.29) is 0 Å². The molecule has 0 bridgehead atoms. The highest BCUT2D eigenvalue weighted by atomic mass is 15.3. The summed E-state index contributed by atoms with van der Waals surface area (Å²) in [5, 5.41) is 4.52. The van der Waals surface area contributed by atoms with Gasteiger partial charge in [-0.25, -0.2) is 9.67 Å². The first-order chi connectivity index (χ1) is 8.19. The van der Waals surface area contributed by atoms with E-state index in [0.29, 0.717) is 0 Å². The Kier molecular flexibility index (Phi) is 3.08. The van der Waals surface area contributed by atoms with Gasteiger partial charge in [0.2, 0.25) is 0 Å². The van der Waals surface area contributed by atoms with Gasteiger partial charge in [-0.3, -0.25) is 4.98 Å². The molecule has 0 spiro atoms. The van der Waals surface area contributed by atoms with Crippen LogP contribution in [0, 0.1) is 6.92 Å². The normalized spacial score (nSPS) is 10.8. The zero-order chi connectivity index (χ0) is 12.4. The molecule has 0 atom stereocenters. The van der Waals surface area contributed by atoms with Gasteiger partial charge in [0, 0.05) is 12.4 Å². The van der Waals surface area contributed by atoms with Crippen LogP contribution in [0.4, 0.5) is 5.69 Å². The van der Waals surface area contributed by atoms with E-state index in [0.717, 1.165) is 41.4 Å².